The van der Waals surface area contributed by atoms with Crippen molar-refractivity contribution >= 4 is 0 Å². The van der Waals surface area contributed by atoms with E-state index < -0.39 is 0 Å². The fourth-order valence-electron chi connectivity index (χ4n) is 1.29. The van der Waals surface area contributed by atoms with E-state index in [0.29, 0.717) is 0 Å². The van der Waals surface area contributed by atoms with E-state index in [-0.39, 0.29) is 11.2 Å². The molecule has 1 aliphatic heterocycles. The van der Waals surface area contributed by atoms with Gasteiger partial charge in [0.25, 0.3) is 0 Å². The van der Waals surface area contributed by atoms with E-state index in [0.717, 1.165) is 6.42 Å². The fraction of sp³-hybridized carbons (Fsp3) is 0.875. The van der Waals surface area contributed by atoms with Gasteiger partial charge in [0.2, 0.25) is 0 Å². The van der Waals surface area contributed by atoms with Crippen LogP contribution in [-0.2, 0) is 4.74 Å². The highest BCUT2D eigenvalue weighted by atomic mass is 16.5. The fourth-order valence-corrected chi connectivity index (χ4v) is 1.29. The molecule has 1 fully saturated rings. The Morgan fingerprint density at radius 1 is 1.22 bits per heavy atom. The van der Waals surface area contributed by atoms with Crippen molar-refractivity contribution in [2.24, 2.45) is 0 Å². The van der Waals surface area contributed by atoms with Crippen molar-refractivity contribution in [1.29, 1.82) is 0 Å². The summed E-state index contributed by atoms with van der Waals surface area (Å²) < 4.78 is 5.68. The Hall–Kier alpha value is -0.0400. The first-order valence-corrected chi connectivity index (χ1v) is 3.46. The second-order valence-electron chi connectivity index (χ2n) is 3.87. The van der Waals surface area contributed by atoms with Gasteiger partial charge in [-0.25, -0.2) is 0 Å². The van der Waals surface area contributed by atoms with Gasteiger partial charge in [-0.3, -0.25) is 0 Å². The third-order valence-corrected chi connectivity index (χ3v) is 1.62. The van der Waals surface area contributed by atoms with Gasteiger partial charge in [0, 0.05) is 0 Å². The van der Waals surface area contributed by atoms with Crippen LogP contribution in [0.5, 0.6) is 0 Å². The van der Waals surface area contributed by atoms with Crippen LogP contribution in [0.25, 0.3) is 0 Å². The third-order valence-electron chi connectivity index (χ3n) is 1.62. The SMILES string of the molecule is CC1(C)[CH]CC(C)(C)O1. The van der Waals surface area contributed by atoms with E-state index >= 15 is 0 Å². The Labute approximate surface area is 57.4 Å². The van der Waals surface area contributed by atoms with Gasteiger partial charge < -0.3 is 4.74 Å². The van der Waals surface area contributed by atoms with Gasteiger partial charge in [0.05, 0.1) is 11.2 Å². The second-order valence-corrected chi connectivity index (χ2v) is 3.87. The lowest BCUT2D eigenvalue weighted by atomic mass is 10.0. The highest BCUT2D eigenvalue weighted by Gasteiger charge is 2.37. The molecule has 0 aliphatic carbocycles. The summed E-state index contributed by atoms with van der Waals surface area (Å²) in [7, 11) is 0. The van der Waals surface area contributed by atoms with Gasteiger partial charge >= 0.3 is 0 Å². The molecular formula is C8H15O. The molecule has 1 nitrogen and oxygen atoms in total. The quantitative estimate of drug-likeness (QED) is 0.484. The van der Waals surface area contributed by atoms with E-state index in [1.165, 1.54) is 0 Å². The Balaban J connectivity index is 2.58. The molecule has 1 radical (unpaired) electrons. The Kier molecular flexibility index (Phi) is 1.35. The van der Waals surface area contributed by atoms with Gasteiger partial charge in [-0.05, 0) is 40.5 Å². The number of hydrogen-bond donors (Lipinski definition) is 0. The van der Waals surface area contributed by atoms with Gasteiger partial charge in [-0.15, -0.1) is 0 Å². The third kappa shape index (κ3) is 1.68. The van der Waals surface area contributed by atoms with E-state index in [1.807, 2.05) is 0 Å². The predicted octanol–water partition coefficient (Wildman–Crippen LogP) is 2.17. The molecular weight excluding hydrogens is 112 g/mol. The smallest absolute Gasteiger partial charge is 0.0666 e. The van der Waals surface area contributed by atoms with Crippen LogP contribution < -0.4 is 0 Å². The van der Waals surface area contributed by atoms with Crippen molar-refractivity contribution in [2.75, 3.05) is 0 Å². The average molecular weight is 127 g/mol. The molecule has 0 amide bonds. The second kappa shape index (κ2) is 1.72. The highest BCUT2D eigenvalue weighted by molar-refractivity contribution is 4.99. The van der Waals surface area contributed by atoms with Crippen molar-refractivity contribution in [3.05, 3.63) is 6.42 Å². The van der Waals surface area contributed by atoms with E-state index in [9.17, 15) is 0 Å². The van der Waals surface area contributed by atoms with Crippen LogP contribution in [0.4, 0.5) is 0 Å². The summed E-state index contributed by atoms with van der Waals surface area (Å²) in [4.78, 5) is 0. The van der Waals surface area contributed by atoms with Crippen LogP contribution in [0.2, 0.25) is 0 Å². The maximum absolute atomic E-state index is 5.68. The van der Waals surface area contributed by atoms with Crippen LogP contribution in [0.1, 0.15) is 34.1 Å². The minimum absolute atomic E-state index is 0.00347. The van der Waals surface area contributed by atoms with Crippen LogP contribution >= 0.6 is 0 Å². The maximum Gasteiger partial charge on any atom is 0.0666 e. The lowest BCUT2D eigenvalue weighted by molar-refractivity contribution is -0.0574. The molecule has 1 aliphatic rings. The molecule has 9 heavy (non-hydrogen) atoms. The molecule has 0 aromatic carbocycles. The molecule has 0 atom stereocenters. The van der Waals surface area contributed by atoms with Crippen LogP contribution in [-0.4, -0.2) is 11.2 Å². The lowest BCUT2D eigenvalue weighted by Crippen LogP contribution is -2.25. The van der Waals surface area contributed by atoms with Gasteiger partial charge in [-0.2, -0.15) is 0 Å². The lowest BCUT2D eigenvalue weighted by Gasteiger charge is -2.23. The van der Waals surface area contributed by atoms with Crippen molar-refractivity contribution in [3.8, 4) is 0 Å². The zero-order valence-electron chi connectivity index (χ0n) is 6.69. The summed E-state index contributed by atoms with van der Waals surface area (Å²) in [6.45, 7) is 8.44. The van der Waals surface area contributed by atoms with Crippen LogP contribution in [0.15, 0.2) is 0 Å². The van der Waals surface area contributed by atoms with Gasteiger partial charge in [0.15, 0.2) is 0 Å². The van der Waals surface area contributed by atoms with E-state index in [1.54, 1.807) is 0 Å². The Bertz CT molecular complexity index is 99.7. The summed E-state index contributed by atoms with van der Waals surface area (Å²) in [6.07, 6.45) is 3.30. The first-order valence-electron chi connectivity index (χ1n) is 3.46. The summed E-state index contributed by atoms with van der Waals surface area (Å²) >= 11 is 0. The highest BCUT2D eigenvalue weighted by Crippen LogP contribution is 2.35. The monoisotopic (exact) mass is 127 g/mol. The van der Waals surface area contributed by atoms with Crippen molar-refractivity contribution in [2.45, 2.75) is 45.3 Å². The number of rotatable bonds is 0. The molecule has 1 saturated heterocycles. The largest absolute Gasteiger partial charge is 0.369 e. The molecule has 0 bridgehead atoms. The molecule has 0 N–H and O–H groups in total. The predicted molar refractivity (Wildman–Crippen MR) is 38.2 cm³/mol. The summed E-state index contributed by atoms with van der Waals surface area (Å²) in [5.74, 6) is 0. The molecule has 1 rings (SSSR count). The number of ether oxygens (including phenoxy) is 1. The van der Waals surface area contributed by atoms with Gasteiger partial charge in [-0.1, -0.05) is 0 Å². The minimum atomic E-state index is 0.00347. The average Bonchev–Trinajstić information content (AvgIpc) is 1.78. The Morgan fingerprint density at radius 3 is 1.89 bits per heavy atom. The molecule has 0 aromatic heterocycles. The van der Waals surface area contributed by atoms with Crippen LogP contribution in [0.3, 0.4) is 0 Å². The normalized spacial score (nSPS) is 30.7. The van der Waals surface area contributed by atoms with E-state index in [4.69, 9.17) is 4.74 Å². The summed E-state index contributed by atoms with van der Waals surface area (Å²) in [5, 5.41) is 0. The van der Waals surface area contributed by atoms with Crippen molar-refractivity contribution < 1.29 is 4.74 Å². The standard InChI is InChI=1S/C8H15O/c1-7(2)5-6-8(3,4)9-7/h5H,6H2,1-4H3. The molecule has 53 valence electrons. The first kappa shape index (κ1) is 7.07. The topological polar surface area (TPSA) is 9.23 Å². The van der Waals surface area contributed by atoms with Crippen molar-refractivity contribution in [1.82, 2.24) is 0 Å². The number of hydrogen-bond acceptors (Lipinski definition) is 1. The summed E-state index contributed by atoms with van der Waals surface area (Å²) in [5.41, 5.74) is 0.0764. The molecule has 0 unspecified atom stereocenters. The molecule has 0 saturated carbocycles. The summed E-state index contributed by atoms with van der Waals surface area (Å²) in [6, 6.07) is 0. The van der Waals surface area contributed by atoms with Crippen LogP contribution in [0, 0.1) is 6.42 Å². The zero-order chi connectivity index (χ0) is 7.12. The minimum Gasteiger partial charge on any atom is -0.369 e. The van der Waals surface area contributed by atoms with Gasteiger partial charge in [0.1, 0.15) is 0 Å². The van der Waals surface area contributed by atoms with E-state index in [2.05, 4.69) is 34.1 Å². The Morgan fingerprint density at radius 2 is 1.78 bits per heavy atom. The molecule has 1 heteroatoms. The molecule has 0 spiro atoms. The maximum atomic E-state index is 5.68. The first-order chi connectivity index (χ1) is 3.91. The zero-order valence-corrected chi connectivity index (χ0v) is 6.69. The van der Waals surface area contributed by atoms with Crippen molar-refractivity contribution in [3.63, 3.8) is 0 Å². The molecule has 1 heterocycles. The molecule has 0 aromatic rings.